The van der Waals surface area contributed by atoms with Crippen LogP contribution >= 0.6 is 7.82 Å². The second-order valence-corrected chi connectivity index (χ2v) is 10.9. The Balaban J connectivity index is 0. The molecular formula is C28H61O5P. The first-order chi connectivity index (χ1) is 16.4. The molecule has 0 aliphatic heterocycles. The lowest BCUT2D eigenvalue weighted by Gasteiger charge is -2.05. The van der Waals surface area contributed by atoms with Crippen molar-refractivity contribution >= 4 is 7.82 Å². The SMILES string of the molecule is CCCCCCCCCCCCCCOCCCCCCCCCCCCCC.O=P(O)(O)O. The van der Waals surface area contributed by atoms with E-state index in [1.54, 1.807) is 0 Å². The summed E-state index contributed by atoms with van der Waals surface area (Å²) in [6.07, 6.45) is 34.1. The van der Waals surface area contributed by atoms with Crippen LogP contribution in [0.15, 0.2) is 0 Å². The van der Waals surface area contributed by atoms with Gasteiger partial charge in [-0.2, -0.15) is 0 Å². The minimum Gasteiger partial charge on any atom is -0.381 e. The Morgan fingerprint density at radius 2 is 0.588 bits per heavy atom. The maximum Gasteiger partial charge on any atom is 0.466 e. The van der Waals surface area contributed by atoms with Crippen LogP contribution in [-0.4, -0.2) is 27.9 Å². The molecule has 0 aromatic carbocycles. The van der Waals surface area contributed by atoms with Crippen molar-refractivity contribution < 1.29 is 24.0 Å². The Morgan fingerprint density at radius 3 is 0.794 bits per heavy atom. The van der Waals surface area contributed by atoms with Gasteiger partial charge in [0.05, 0.1) is 0 Å². The standard InChI is InChI=1S/C28H58O.H3O4P/c1-3-5-7-9-11-13-15-17-19-21-23-25-27-29-28-26-24-22-20-18-16-14-12-10-8-6-4-2;1-5(2,3)4/h3-28H2,1-2H3;(H3,1,2,3,4). The lowest BCUT2D eigenvalue weighted by molar-refractivity contribution is 0.125. The molecule has 0 spiro atoms. The van der Waals surface area contributed by atoms with E-state index >= 15 is 0 Å². The third-order valence-electron chi connectivity index (χ3n) is 6.28. The summed E-state index contributed by atoms with van der Waals surface area (Å²) in [6.45, 7) is 6.58. The zero-order valence-electron chi connectivity index (χ0n) is 23.0. The number of rotatable bonds is 26. The van der Waals surface area contributed by atoms with E-state index in [1.807, 2.05) is 0 Å². The molecule has 0 fully saturated rings. The van der Waals surface area contributed by atoms with Gasteiger partial charge in [-0.15, -0.1) is 0 Å². The predicted molar refractivity (Wildman–Crippen MR) is 147 cm³/mol. The highest BCUT2D eigenvalue weighted by Crippen LogP contribution is 2.25. The molecule has 3 N–H and O–H groups in total. The van der Waals surface area contributed by atoms with E-state index in [-0.39, 0.29) is 0 Å². The fraction of sp³-hybridized carbons (Fsp3) is 1.00. The van der Waals surface area contributed by atoms with Gasteiger partial charge in [0.1, 0.15) is 0 Å². The van der Waals surface area contributed by atoms with Crippen LogP contribution in [0.3, 0.4) is 0 Å². The Labute approximate surface area is 213 Å². The van der Waals surface area contributed by atoms with Crippen LogP contribution in [0.5, 0.6) is 0 Å². The number of ether oxygens (including phenoxy) is 1. The van der Waals surface area contributed by atoms with Gasteiger partial charge in [-0.05, 0) is 12.8 Å². The highest BCUT2D eigenvalue weighted by Gasteiger charge is 2.00. The molecule has 0 aliphatic rings. The summed E-state index contributed by atoms with van der Waals surface area (Å²) in [4.78, 5) is 21.6. The van der Waals surface area contributed by atoms with Gasteiger partial charge in [0.25, 0.3) is 0 Å². The average Bonchev–Trinajstić information content (AvgIpc) is 2.78. The second kappa shape index (κ2) is 31.1. The van der Waals surface area contributed by atoms with Gasteiger partial charge < -0.3 is 19.4 Å². The summed E-state index contributed by atoms with van der Waals surface area (Å²) in [5, 5.41) is 0. The fourth-order valence-corrected chi connectivity index (χ4v) is 4.19. The van der Waals surface area contributed by atoms with Crippen molar-refractivity contribution in [3.63, 3.8) is 0 Å². The number of phosphoric acid groups is 1. The zero-order valence-corrected chi connectivity index (χ0v) is 23.9. The molecule has 0 rings (SSSR count). The van der Waals surface area contributed by atoms with Crippen molar-refractivity contribution in [2.45, 2.75) is 168 Å². The maximum atomic E-state index is 8.88. The van der Waals surface area contributed by atoms with E-state index in [4.69, 9.17) is 24.0 Å². The fourth-order valence-electron chi connectivity index (χ4n) is 4.19. The van der Waals surface area contributed by atoms with Gasteiger partial charge in [0.2, 0.25) is 0 Å². The molecule has 0 saturated heterocycles. The quantitative estimate of drug-likeness (QED) is 0.0800. The summed E-state index contributed by atoms with van der Waals surface area (Å²) in [5.41, 5.74) is 0. The van der Waals surface area contributed by atoms with Gasteiger partial charge in [0, 0.05) is 13.2 Å². The molecule has 0 bridgehead atoms. The summed E-state index contributed by atoms with van der Waals surface area (Å²) >= 11 is 0. The van der Waals surface area contributed by atoms with E-state index in [2.05, 4.69) is 13.8 Å². The first kappa shape index (κ1) is 36.2. The second-order valence-electron chi connectivity index (χ2n) is 9.90. The van der Waals surface area contributed by atoms with Crippen LogP contribution in [0.4, 0.5) is 0 Å². The van der Waals surface area contributed by atoms with Crippen molar-refractivity contribution in [3.8, 4) is 0 Å². The summed E-state index contributed by atoms with van der Waals surface area (Å²) in [5.74, 6) is 0. The Morgan fingerprint density at radius 1 is 0.412 bits per heavy atom. The molecular weight excluding hydrogens is 447 g/mol. The van der Waals surface area contributed by atoms with Crippen molar-refractivity contribution in [3.05, 3.63) is 0 Å². The number of hydrogen-bond acceptors (Lipinski definition) is 2. The van der Waals surface area contributed by atoms with Gasteiger partial charge in [-0.3, -0.25) is 0 Å². The molecule has 0 unspecified atom stereocenters. The summed E-state index contributed by atoms with van der Waals surface area (Å²) in [6, 6.07) is 0. The van der Waals surface area contributed by atoms with E-state index < -0.39 is 7.82 Å². The third-order valence-corrected chi connectivity index (χ3v) is 6.28. The van der Waals surface area contributed by atoms with Crippen molar-refractivity contribution in [2.75, 3.05) is 13.2 Å². The normalized spacial score (nSPS) is 11.4. The van der Waals surface area contributed by atoms with Crippen molar-refractivity contribution in [1.82, 2.24) is 0 Å². The predicted octanol–water partition coefficient (Wildman–Crippen LogP) is 9.48. The Bertz CT molecular complexity index is 366. The molecule has 0 heterocycles. The van der Waals surface area contributed by atoms with Crippen molar-refractivity contribution in [2.24, 2.45) is 0 Å². The van der Waals surface area contributed by atoms with E-state index in [1.165, 1.54) is 154 Å². The third kappa shape index (κ3) is 45.6. The zero-order chi connectivity index (χ0) is 25.6. The number of hydrogen-bond donors (Lipinski definition) is 3. The lowest BCUT2D eigenvalue weighted by atomic mass is 10.1. The van der Waals surface area contributed by atoms with Crippen LogP contribution in [0.2, 0.25) is 0 Å². The van der Waals surface area contributed by atoms with E-state index in [9.17, 15) is 0 Å². The molecule has 0 atom stereocenters. The van der Waals surface area contributed by atoms with Gasteiger partial charge in [-0.1, -0.05) is 155 Å². The monoisotopic (exact) mass is 508 g/mol. The molecule has 0 aromatic heterocycles. The molecule has 34 heavy (non-hydrogen) atoms. The molecule has 5 nitrogen and oxygen atoms in total. The molecule has 6 heteroatoms. The minimum atomic E-state index is -4.64. The molecule has 0 radical (unpaired) electrons. The van der Waals surface area contributed by atoms with Crippen LogP contribution in [-0.2, 0) is 9.30 Å². The first-order valence-corrected chi connectivity index (χ1v) is 16.3. The highest BCUT2D eigenvalue weighted by atomic mass is 31.2. The highest BCUT2D eigenvalue weighted by molar-refractivity contribution is 7.45. The van der Waals surface area contributed by atoms with Crippen LogP contribution < -0.4 is 0 Å². The molecule has 208 valence electrons. The molecule has 0 aromatic rings. The first-order valence-electron chi connectivity index (χ1n) is 14.8. The minimum absolute atomic E-state index is 0.995. The lowest BCUT2D eigenvalue weighted by Crippen LogP contribution is -1.97. The van der Waals surface area contributed by atoms with E-state index in [0.29, 0.717) is 0 Å². The molecule has 0 amide bonds. The van der Waals surface area contributed by atoms with Gasteiger partial charge in [0.15, 0.2) is 0 Å². The molecule has 0 saturated carbocycles. The average molecular weight is 509 g/mol. The van der Waals surface area contributed by atoms with E-state index in [0.717, 1.165) is 13.2 Å². The van der Waals surface area contributed by atoms with Crippen molar-refractivity contribution in [1.29, 1.82) is 0 Å². The van der Waals surface area contributed by atoms with Gasteiger partial charge >= 0.3 is 7.82 Å². The van der Waals surface area contributed by atoms with Gasteiger partial charge in [-0.25, -0.2) is 4.57 Å². The summed E-state index contributed by atoms with van der Waals surface area (Å²) < 4.78 is 14.7. The van der Waals surface area contributed by atoms with Crippen LogP contribution in [0.25, 0.3) is 0 Å². The van der Waals surface area contributed by atoms with Crippen LogP contribution in [0, 0.1) is 0 Å². The summed E-state index contributed by atoms with van der Waals surface area (Å²) in [7, 11) is -4.64. The van der Waals surface area contributed by atoms with Crippen LogP contribution in [0.1, 0.15) is 168 Å². The Hall–Kier alpha value is 0.0700. The number of unbranched alkanes of at least 4 members (excludes halogenated alkanes) is 22. The topological polar surface area (TPSA) is 87.0 Å². The largest absolute Gasteiger partial charge is 0.466 e. The molecule has 0 aliphatic carbocycles. The maximum absolute atomic E-state index is 8.88. The smallest absolute Gasteiger partial charge is 0.381 e. The Kier molecular flexibility index (Phi) is 33.1.